The predicted octanol–water partition coefficient (Wildman–Crippen LogP) is 2.70. The molecular weight excluding hydrogens is 292 g/mol. The van der Waals surface area contributed by atoms with E-state index in [2.05, 4.69) is 17.0 Å². The van der Waals surface area contributed by atoms with Crippen molar-refractivity contribution < 1.29 is 13.9 Å². The van der Waals surface area contributed by atoms with Gasteiger partial charge in [-0.05, 0) is 30.7 Å². The fourth-order valence-electron chi connectivity index (χ4n) is 2.82. The van der Waals surface area contributed by atoms with Crippen molar-refractivity contribution in [2.45, 2.75) is 13.5 Å². The lowest BCUT2D eigenvalue weighted by Crippen LogP contribution is -2.37. The molecule has 1 fully saturated rings. The van der Waals surface area contributed by atoms with E-state index in [0.29, 0.717) is 12.3 Å². The highest BCUT2D eigenvalue weighted by Gasteiger charge is 2.19. The quantitative estimate of drug-likeness (QED) is 0.870. The number of hydrogen-bond donors (Lipinski definition) is 0. The number of furan rings is 1. The molecule has 5 heteroatoms. The maximum Gasteiger partial charge on any atom is 0.289 e. The first-order chi connectivity index (χ1) is 11.1. The standard InChI is InChI=1S/C18H22N2O3/c1-14-7-8-17(23-14)18(21)19(2)13-15-5-3-4-6-16(15)20-9-11-22-12-10-20/h3-8H,9-13H2,1-2H3. The Morgan fingerprint density at radius 1 is 1.17 bits per heavy atom. The highest BCUT2D eigenvalue weighted by atomic mass is 16.5. The molecule has 1 aromatic carbocycles. The second-order valence-corrected chi connectivity index (χ2v) is 5.80. The second kappa shape index (κ2) is 6.87. The molecule has 0 N–H and O–H groups in total. The second-order valence-electron chi connectivity index (χ2n) is 5.80. The molecule has 3 rings (SSSR count). The largest absolute Gasteiger partial charge is 0.456 e. The number of rotatable bonds is 4. The van der Waals surface area contributed by atoms with E-state index in [1.54, 1.807) is 18.0 Å². The SMILES string of the molecule is Cc1ccc(C(=O)N(C)Cc2ccccc2N2CCOCC2)o1. The molecule has 0 unspecified atom stereocenters. The molecule has 1 aromatic heterocycles. The third kappa shape index (κ3) is 3.56. The van der Waals surface area contributed by atoms with Gasteiger partial charge in [0.2, 0.25) is 0 Å². The lowest BCUT2D eigenvalue weighted by molar-refractivity contribution is 0.0752. The van der Waals surface area contributed by atoms with Gasteiger partial charge in [-0.15, -0.1) is 0 Å². The van der Waals surface area contributed by atoms with Crippen LogP contribution in [0.25, 0.3) is 0 Å². The number of para-hydroxylation sites is 1. The Morgan fingerprint density at radius 3 is 2.61 bits per heavy atom. The van der Waals surface area contributed by atoms with Crippen molar-refractivity contribution in [1.82, 2.24) is 4.90 Å². The van der Waals surface area contributed by atoms with Crippen LogP contribution in [0.4, 0.5) is 5.69 Å². The van der Waals surface area contributed by atoms with E-state index in [1.807, 2.05) is 25.1 Å². The van der Waals surface area contributed by atoms with Crippen LogP contribution >= 0.6 is 0 Å². The summed E-state index contributed by atoms with van der Waals surface area (Å²) >= 11 is 0. The minimum Gasteiger partial charge on any atom is -0.456 e. The van der Waals surface area contributed by atoms with Crippen molar-refractivity contribution in [2.24, 2.45) is 0 Å². The number of morpholine rings is 1. The molecule has 0 spiro atoms. The van der Waals surface area contributed by atoms with Gasteiger partial charge in [-0.25, -0.2) is 0 Å². The van der Waals surface area contributed by atoms with E-state index in [9.17, 15) is 4.79 Å². The van der Waals surface area contributed by atoms with E-state index in [1.165, 1.54) is 5.69 Å². The van der Waals surface area contributed by atoms with Gasteiger partial charge in [-0.2, -0.15) is 0 Å². The Kier molecular flexibility index (Phi) is 4.67. The first-order valence-electron chi connectivity index (χ1n) is 7.87. The molecule has 0 bridgehead atoms. The zero-order valence-electron chi connectivity index (χ0n) is 13.6. The van der Waals surface area contributed by atoms with Crippen LogP contribution in [-0.4, -0.2) is 44.2 Å². The fourth-order valence-corrected chi connectivity index (χ4v) is 2.82. The number of anilines is 1. The van der Waals surface area contributed by atoms with Crippen LogP contribution in [-0.2, 0) is 11.3 Å². The number of carbonyl (C=O) groups is 1. The average molecular weight is 314 g/mol. The Hall–Kier alpha value is -2.27. The minimum atomic E-state index is -0.102. The summed E-state index contributed by atoms with van der Waals surface area (Å²) in [6.07, 6.45) is 0. The zero-order chi connectivity index (χ0) is 16.2. The lowest BCUT2D eigenvalue weighted by atomic mass is 10.1. The number of carbonyl (C=O) groups excluding carboxylic acids is 1. The highest BCUT2D eigenvalue weighted by molar-refractivity contribution is 5.91. The van der Waals surface area contributed by atoms with Gasteiger partial charge in [0.25, 0.3) is 5.91 Å². The summed E-state index contributed by atoms with van der Waals surface area (Å²) in [5, 5.41) is 0. The van der Waals surface area contributed by atoms with Crippen LogP contribution in [0.2, 0.25) is 0 Å². The number of ether oxygens (including phenoxy) is 1. The van der Waals surface area contributed by atoms with Crippen molar-refractivity contribution in [1.29, 1.82) is 0 Å². The first kappa shape index (κ1) is 15.6. The van der Waals surface area contributed by atoms with Crippen LogP contribution in [0, 0.1) is 6.92 Å². The van der Waals surface area contributed by atoms with Crippen molar-refractivity contribution in [3.8, 4) is 0 Å². The summed E-state index contributed by atoms with van der Waals surface area (Å²) in [6, 6.07) is 11.8. The Bertz CT molecular complexity index is 674. The maximum atomic E-state index is 12.4. The van der Waals surface area contributed by atoms with E-state index < -0.39 is 0 Å². The molecule has 122 valence electrons. The predicted molar refractivity (Wildman–Crippen MR) is 88.7 cm³/mol. The van der Waals surface area contributed by atoms with Crippen molar-refractivity contribution in [2.75, 3.05) is 38.3 Å². The van der Waals surface area contributed by atoms with Gasteiger partial charge in [0.05, 0.1) is 13.2 Å². The summed E-state index contributed by atoms with van der Waals surface area (Å²) in [5.74, 6) is 1.03. The van der Waals surface area contributed by atoms with E-state index >= 15 is 0 Å². The molecule has 0 radical (unpaired) electrons. The summed E-state index contributed by atoms with van der Waals surface area (Å²) in [4.78, 5) is 16.5. The van der Waals surface area contributed by atoms with E-state index in [-0.39, 0.29) is 5.91 Å². The van der Waals surface area contributed by atoms with E-state index in [0.717, 1.165) is 37.6 Å². The molecule has 2 heterocycles. The normalized spacial score (nSPS) is 14.8. The lowest BCUT2D eigenvalue weighted by Gasteiger charge is -2.31. The zero-order valence-corrected chi connectivity index (χ0v) is 13.6. The van der Waals surface area contributed by atoms with Crippen molar-refractivity contribution >= 4 is 11.6 Å². The minimum absolute atomic E-state index is 0.102. The molecule has 1 aliphatic rings. The van der Waals surface area contributed by atoms with Crippen LogP contribution in [0.3, 0.4) is 0 Å². The topological polar surface area (TPSA) is 45.9 Å². The molecule has 1 aliphatic heterocycles. The Balaban J connectivity index is 1.75. The summed E-state index contributed by atoms with van der Waals surface area (Å²) in [5.41, 5.74) is 2.31. The number of nitrogens with zero attached hydrogens (tertiary/aromatic N) is 2. The monoisotopic (exact) mass is 314 g/mol. The number of amides is 1. The van der Waals surface area contributed by atoms with E-state index in [4.69, 9.17) is 9.15 Å². The molecule has 1 amide bonds. The third-order valence-corrected chi connectivity index (χ3v) is 4.05. The molecule has 2 aromatic rings. The molecule has 0 aliphatic carbocycles. The summed E-state index contributed by atoms with van der Waals surface area (Å²) < 4.78 is 10.9. The average Bonchev–Trinajstić information content (AvgIpc) is 3.02. The highest BCUT2D eigenvalue weighted by Crippen LogP contribution is 2.23. The number of benzene rings is 1. The maximum absolute atomic E-state index is 12.4. The first-order valence-corrected chi connectivity index (χ1v) is 7.87. The number of hydrogen-bond acceptors (Lipinski definition) is 4. The third-order valence-electron chi connectivity index (χ3n) is 4.05. The van der Waals surface area contributed by atoms with Gasteiger partial charge >= 0.3 is 0 Å². The Labute approximate surface area is 136 Å². The van der Waals surface area contributed by atoms with Gasteiger partial charge < -0.3 is 19.0 Å². The van der Waals surface area contributed by atoms with Gasteiger partial charge in [-0.1, -0.05) is 18.2 Å². The smallest absolute Gasteiger partial charge is 0.289 e. The molecule has 0 atom stereocenters. The van der Waals surface area contributed by atoms with Gasteiger partial charge in [0.1, 0.15) is 5.76 Å². The Morgan fingerprint density at radius 2 is 1.91 bits per heavy atom. The van der Waals surface area contributed by atoms with Crippen LogP contribution in [0.5, 0.6) is 0 Å². The molecule has 5 nitrogen and oxygen atoms in total. The van der Waals surface area contributed by atoms with Crippen LogP contribution in [0.1, 0.15) is 21.9 Å². The van der Waals surface area contributed by atoms with Crippen molar-refractivity contribution in [3.05, 3.63) is 53.5 Å². The van der Waals surface area contributed by atoms with Gasteiger partial charge in [-0.3, -0.25) is 4.79 Å². The number of aryl methyl sites for hydroxylation is 1. The van der Waals surface area contributed by atoms with Crippen LogP contribution in [0.15, 0.2) is 40.8 Å². The van der Waals surface area contributed by atoms with Crippen molar-refractivity contribution in [3.63, 3.8) is 0 Å². The summed E-state index contributed by atoms with van der Waals surface area (Å²) in [7, 11) is 1.80. The molecular formula is C18H22N2O3. The van der Waals surface area contributed by atoms with Gasteiger partial charge in [0, 0.05) is 32.4 Å². The molecule has 0 saturated carbocycles. The molecule has 1 saturated heterocycles. The van der Waals surface area contributed by atoms with Crippen LogP contribution < -0.4 is 4.90 Å². The fraction of sp³-hybridized carbons (Fsp3) is 0.389. The molecule has 23 heavy (non-hydrogen) atoms. The summed E-state index contributed by atoms with van der Waals surface area (Å²) in [6.45, 7) is 5.64. The van der Waals surface area contributed by atoms with Gasteiger partial charge in [0.15, 0.2) is 5.76 Å².